The van der Waals surface area contributed by atoms with Crippen LogP contribution in [-0.4, -0.2) is 30.4 Å². The maximum Gasteiger partial charge on any atom is 0.331 e. The van der Waals surface area contributed by atoms with Gasteiger partial charge in [0.05, 0.1) is 10.7 Å². The molecule has 0 aliphatic rings. The number of aliphatic carboxylic acids is 1. The van der Waals surface area contributed by atoms with Crippen molar-refractivity contribution < 1.29 is 9.90 Å². The maximum absolute atomic E-state index is 11.4. The fourth-order valence-corrected chi connectivity index (χ4v) is 3.03. The fraction of sp³-hybridized carbons (Fsp3) is 0.235. The first-order valence-electron chi connectivity index (χ1n) is 7.53. The predicted octanol–water partition coefficient (Wildman–Crippen LogP) is 3.60. The molecule has 0 radical (unpaired) electrons. The minimum Gasteiger partial charge on any atom is -0.478 e. The van der Waals surface area contributed by atoms with E-state index in [0.717, 1.165) is 22.5 Å². The number of rotatable bonds is 4. The van der Waals surface area contributed by atoms with Crippen molar-refractivity contribution in [1.29, 1.82) is 0 Å². The number of nitrogens with zero attached hydrogens (tertiary/aromatic N) is 4. The van der Waals surface area contributed by atoms with Gasteiger partial charge in [0.25, 0.3) is 0 Å². The second kappa shape index (κ2) is 6.13. The van der Waals surface area contributed by atoms with Crippen LogP contribution in [0.4, 0.5) is 0 Å². The lowest BCUT2D eigenvalue weighted by Crippen LogP contribution is -2.05. The smallest absolute Gasteiger partial charge is 0.331 e. The van der Waals surface area contributed by atoms with E-state index in [0.29, 0.717) is 22.7 Å². The van der Waals surface area contributed by atoms with Crippen LogP contribution >= 0.6 is 11.6 Å². The summed E-state index contributed by atoms with van der Waals surface area (Å²) in [5.41, 5.74) is 2.51. The molecule has 0 atom stereocenters. The van der Waals surface area contributed by atoms with E-state index in [2.05, 4.69) is 10.1 Å². The third-order valence-corrected chi connectivity index (χ3v) is 4.26. The minimum atomic E-state index is -0.930. The van der Waals surface area contributed by atoms with Crippen LogP contribution in [0.3, 0.4) is 0 Å². The molecule has 124 valence electrons. The van der Waals surface area contributed by atoms with Crippen LogP contribution in [0.15, 0.2) is 30.1 Å². The third kappa shape index (κ3) is 2.59. The second-order valence-corrected chi connectivity index (χ2v) is 5.90. The molecule has 0 aromatic carbocycles. The maximum atomic E-state index is 11.4. The number of carboxylic acid groups (broad SMARTS) is 1. The molecule has 0 aliphatic carbocycles. The van der Waals surface area contributed by atoms with E-state index < -0.39 is 5.97 Å². The van der Waals surface area contributed by atoms with Crippen LogP contribution < -0.4 is 0 Å². The summed E-state index contributed by atoms with van der Waals surface area (Å²) in [7, 11) is 1.81. The molecule has 0 aliphatic heterocycles. The lowest BCUT2D eigenvalue weighted by Gasteiger charge is -2.07. The van der Waals surface area contributed by atoms with Crippen LogP contribution in [0.25, 0.3) is 22.9 Å². The zero-order valence-corrected chi connectivity index (χ0v) is 14.4. The minimum absolute atomic E-state index is 0.322. The molecule has 0 bridgehead atoms. The molecule has 0 saturated carbocycles. The number of aryl methyl sites for hydroxylation is 2. The number of pyridine rings is 1. The number of hydrogen-bond acceptors (Lipinski definition) is 3. The molecular formula is C17H17ClN4O2. The molecule has 3 heterocycles. The molecular weight excluding hydrogens is 328 g/mol. The van der Waals surface area contributed by atoms with Crippen molar-refractivity contribution in [3.05, 3.63) is 46.4 Å². The summed E-state index contributed by atoms with van der Waals surface area (Å²) < 4.78 is 3.55. The van der Waals surface area contributed by atoms with Gasteiger partial charge in [0, 0.05) is 36.0 Å². The lowest BCUT2D eigenvalue weighted by molar-refractivity contribution is -0.132. The van der Waals surface area contributed by atoms with Crippen LogP contribution in [0.5, 0.6) is 0 Å². The molecule has 0 saturated heterocycles. The lowest BCUT2D eigenvalue weighted by atomic mass is 10.1. The first-order valence-corrected chi connectivity index (χ1v) is 7.91. The largest absolute Gasteiger partial charge is 0.478 e. The Labute approximate surface area is 144 Å². The highest BCUT2D eigenvalue weighted by Crippen LogP contribution is 2.30. The Balaban J connectivity index is 2.31. The molecule has 7 heteroatoms. The molecule has 1 N–H and O–H groups in total. The zero-order chi connectivity index (χ0) is 17.4. The SMILES string of the molecule is CC/C(=C\c1c(C)nn(C)c1-n1cc(Cl)c2cccnc21)C(=O)O. The molecule has 24 heavy (non-hydrogen) atoms. The first kappa shape index (κ1) is 16.3. The second-order valence-electron chi connectivity index (χ2n) is 5.50. The third-order valence-electron chi connectivity index (χ3n) is 3.95. The van der Waals surface area contributed by atoms with Gasteiger partial charge in [-0.3, -0.25) is 9.25 Å². The Morgan fingerprint density at radius 1 is 1.46 bits per heavy atom. The highest BCUT2D eigenvalue weighted by molar-refractivity contribution is 6.35. The van der Waals surface area contributed by atoms with Crippen molar-refractivity contribution in [1.82, 2.24) is 19.3 Å². The van der Waals surface area contributed by atoms with Gasteiger partial charge in [-0.15, -0.1) is 0 Å². The van der Waals surface area contributed by atoms with Crippen LogP contribution in [-0.2, 0) is 11.8 Å². The molecule has 0 spiro atoms. The van der Waals surface area contributed by atoms with Crippen molar-refractivity contribution in [2.75, 3.05) is 0 Å². The monoisotopic (exact) mass is 344 g/mol. The van der Waals surface area contributed by atoms with Gasteiger partial charge in [0.15, 0.2) is 0 Å². The normalized spacial score (nSPS) is 12.1. The number of carboxylic acids is 1. The van der Waals surface area contributed by atoms with E-state index in [4.69, 9.17) is 11.6 Å². The van der Waals surface area contributed by atoms with Crippen molar-refractivity contribution in [2.24, 2.45) is 7.05 Å². The average Bonchev–Trinajstić information content (AvgIpc) is 3.01. The Morgan fingerprint density at radius 3 is 2.88 bits per heavy atom. The molecule has 0 amide bonds. The summed E-state index contributed by atoms with van der Waals surface area (Å²) in [6, 6.07) is 3.72. The van der Waals surface area contributed by atoms with Gasteiger partial charge in [-0.05, 0) is 31.6 Å². The standard InChI is InChI=1S/C17H17ClN4O2/c1-4-11(17(23)24)8-13-10(2)20-21(3)16(13)22-9-14(18)12-6-5-7-19-15(12)22/h5-9H,4H2,1-3H3,(H,23,24)/b11-8+. The number of halogens is 1. The Morgan fingerprint density at radius 2 is 2.21 bits per heavy atom. The fourth-order valence-electron chi connectivity index (χ4n) is 2.79. The van der Waals surface area contributed by atoms with Crippen molar-refractivity contribution >= 4 is 34.7 Å². The van der Waals surface area contributed by atoms with Crippen molar-refractivity contribution in [2.45, 2.75) is 20.3 Å². The Kier molecular flexibility index (Phi) is 4.15. The van der Waals surface area contributed by atoms with E-state index >= 15 is 0 Å². The topological polar surface area (TPSA) is 72.9 Å². The number of fused-ring (bicyclic) bond motifs is 1. The van der Waals surface area contributed by atoms with E-state index in [1.165, 1.54) is 0 Å². The van der Waals surface area contributed by atoms with Crippen LogP contribution in [0.1, 0.15) is 24.6 Å². The highest BCUT2D eigenvalue weighted by atomic mass is 35.5. The summed E-state index contributed by atoms with van der Waals surface area (Å²) >= 11 is 6.32. The van der Waals surface area contributed by atoms with E-state index in [1.54, 1.807) is 23.2 Å². The summed E-state index contributed by atoms with van der Waals surface area (Å²) in [6.07, 6.45) is 5.57. The van der Waals surface area contributed by atoms with E-state index in [9.17, 15) is 9.90 Å². The van der Waals surface area contributed by atoms with Crippen molar-refractivity contribution in [3.63, 3.8) is 0 Å². The summed E-state index contributed by atoms with van der Waals surface area (Å²) in [6.45, 7) is 3.67. The van der Waals surface area contributed by atoms with Gasteiger partial charge in [0.1, 0.15) is 11.5 Å². The first-order chi connectivity index (χ1) is 11.4. The van der Waals surface area contributed by atoms with Crippen LogP contribution in [0, 0.1) is 6.92 Å². The summed E-state index contributed by atoms with van der Waals surface area (Å²) in [5, 5.41) is 15.2. The highest BCUT2D eigenvalue weighted by Gasteiger charge is 2.19. The van der Waals surface area contributed by atoms with Gasteiger partial charge < -0.3 is 5.11 Å². The van der Waals surface area contributed by atoms with E-state index in [1.807, 2.05) is 37.6 Å². The van der Waals surface area contributed by atoms with Crippen molar-refractivity contribution in [3.8, 4) is 5.82 Å². The predicted molar refractivity (Wildman–Crippen MR) is 93.5 cm³/mol. The summed E-state index contributed by atoms with van der Waals surface area (Å²) in [5.74, 6) is -0.199. The van der Waals surface area contributed by atoms with E-state index in [-0.39, 0.29) is 0 Å². The number of carbonyl (C=O) groups is 1. The molecule has 0 fully saturated rings. The van der Waals surface area contributed by atoms with Gasteiger partial charge in [-0.25, -0.2) is 9.78 Å². The summed E-state index contributed by atoms with van der Waals surface area (Å²) in [4.78, 5) is 15.8. The van der Waals surface area contributed by atoms with Gasteiger partial charge in [-0.1, -0.05) is 18.5 Å². The quantitative estimate of drug-likeness (QED) is 0.734. The zero-order valence-electron chi connectivity index (χ0n) is 13.6. The molecule has 3 aromatic rings. The van der Waals surface area contributed by atoms with Gasteiger partial charge >= 0.3 is 5.97 Å². The molecule has 3 rings (SSSR count). The van der Waals surface area contributed by atoms with Crippen LogP contribution in [0.2, 0.25) is 5.02 Å². The molecule has 3 aromatic heterocycles. The van der Waals surface area contributed by atoms with Gasteiger partial charge in [0.2, 0.25) is 0 Å². The Bertz CT molecular complexity index is 969. The molecule has 0 unspecified atom stereocenters. The number of hydrogen-bond donors (Lipinski definition) is 1. The number of aromatic nitrogens is 4. The Hall–Kier alpha value is -2.60. The molecule has 6 nitrogen and oxygen atoms in total. The van der Waals surface area contributed by atoms with Gasteiger partial charge in [-0.2, -0.15) is 5.10 Å². The average molecular weight is 345 g/mol.